The standard InChI is InChI=1S/C18H16N2OS2/c21-17(19-11-14-7-3-1-4-8-14)13-23-18-20-16(12-22-18)15-9-5-2-6-10-15/h1-10,12H,11,13H2,(H,19,21). The van der Waals surface area contributed by atoms with Crippen molar-refractivity contribution in [3.8, 4) is 11.3 Å². The summed E-state index contributed by atoms with van der Waals surface area (Å²) < 4.78 is 0.915. The number of amides is 1. The second-order valence-electron chi connectivity index (χ2n) is 4.92. The molecule has 0 bridgehead atoms. The van der Waals surface area contributed by atoms with E-state index in [9.17, 15) is 4.79 Å². The molecular formula is C18H16N2OS2. The van der Waals surface area contributed by atoms with Crippen molar-refractivity contribution >= 4 is 29.0 Å². The van der Waals surface area contributed by atoms with Gasteiger partial charge >= 0.3 is 0 Å². The molecule has 0 fully saturated rings. The second kappa shape index (κ2) is 7.94. The average Bonchev–Trinajstić information content (AvgIpc) is 3.09. The molecule has 0 aliphatic heterocycles. The van der Waals surface area contributed by atoms with E-state index >= 15 is 0 Å². The van der Waals surface area contributed by atoms with Crippen molar-refractivity contribution in [1.29, 1.82) is 0 Å². The van der Waals surface area contributed by atoms with Gasteiger partial charge in [0.05, 0.1) is 11.4 Å². The molecule has 0 saturated heterocycles. The number of benzene rings is 2. The maximum Gasteiger partial charge on any atom is 0.230 e. The van der Waals surface area contributed by atoms with Crippen molar-refractivity contribution < 1.29 is 4.79 Å². The summed E-state index contributed by atoms with van der Waals surface area (Å²) in [4.78, 5) is 16.5. The highest BCUT2D eigenvalue weighted by atomic mass is 32.2. The summed E-state index contributed by atoms with van der Waals surface area (Å²) in [6.07, 6.45) is 0. The topological polar surface area (TPSA) is 42.0 Å². The smallest absolute Gasteiger partial charge is 0.230 e. The van der Waals surface area contributed by atoms with Crippen LogP contribution in [-0.4, -0.2) is 16.6 Å². The van der Waals surface area contributed by atoms with E-state index in [0.717, 1.165) is 21.2 Å². The molecule has 1 N–H and O–H groups in total. The minimum absolute atomic E-state index is 0.0234. The van der Waals surface area contributed by atoms with Crippen LogP contribution in [0.15, 0.2) is 70.4 Å². The van der Waals surface area contributed by atoms with Gasteiger partial charge in [-0.3, -0.25) is 4.79 Å². The van der Waals surface area contributed by atoms with Crippen LogP contribution in [0.5, 0.6) is 0 Å². The SMILES string of the molecule is O=C(CSc1nc(-c2ccccc2)cs1)NCc1ccccc1. The third-order valence-electron chi connectivity index (χ3n) is 3.21. The number of nitrogens with zero attached hydrogens (tertiary/aromatic N) is 1. The Kier molecular flexibility index (Phi) is 5.45. The van der Waals surface area contributed by atoms with Crippen molar-refractivity contribution in [2.24, 2.45) is 0 Å². The van der Waals surface area contributed by atoms with E-state index in [4.69, 9.17) is 0 Å². The van der Waals surface area contributed by atoms with E-state index in [1.807, 2.05) is 66.0 Å². The quantitative estimate of drug-likeness (QED) is 0.683. The van der Waals surface area contributed by atoms with Gasteiger partial charge in [-0.1, -0.05) is 72.4 Å². The highest BCUT2D eigenvalue weighted by Crippen LogP contribution is 2.27. The lowest BCUT2D eigenvalue weighted by molar-refractivity contribution is -0.118. The van der Waals surface area contributed by atoms with Gasteiger partial charge in [-0.15, -0.1) is 11.3 Å². The van der Waals surface area contributed by atoms with E-state index in [2.05, 4.69) is 10.3 Å². The molecule has 0 aliphatic carbocycles. The molecule has 0 radical (unpaired) electrons. The van der Waals surface area contributed by atoms with Gasteiger partial charge in [0.1, 0.15) is 0 Å². The maximum absolute atomic E-state index is 11.9. The Bertz CT molecular complexity index is 757. The second-order valence-corrected chi connectivity index (χ2v) is 7.00. The summed E-state index contributed by atoms with van der Waals surface area (Å²) in [5.74, 6) is 0.407. The number of nitrogens with one attached hydrogen (secondary N) is 1. The zero-order valence-corrected chi connectivity index (χ0v) is 14.1. The van der Waals surface area contributed by atoms with Crippen LogP contribution in [0.25, 0.3) is 11.3 Å². The Morgan fingerprint density at radius 2 is 1.74 bits per heavy atom. The molecule has 5 heteroatoms. The Balaban J connectivity index is 1.49. The van der Waals surface area contributed by atoms with E-state index in [-0.39, 0.29) is 5.91 Å². The normalized spacial score (nSPS) is 10.4. The van der Waals surface area contributed by atoms with Gasteiger partial charge < -0.3 is 5.32 Å². The van der Waals surface area contributed by atoms with Gasteiger partial charge in [-0.25, -0.2) is 4.98 Å². The molecule has 0 atom stereocenters. The molecule has 3 aromatic rings. The molecule has 23 heavy (non-hydrogen) atoms. The molecule has 1 amide bonds. The summed E-state index contributed by atoms with van der Waals surface area (Å²) in [5.41, 5.74) is 3.17. The molecule has 2 aromatic carbocycles. The minimum Gasteiger partial charge on any atom is -0.351 e. The summed E-state index contributed by atoms with van der Waals surface area (Å²) in [6.45, 7) is 0.563. The molecule has 0 spiro atoms. The first-order valence-corrected chi connectivity index (χ1v) is 9.12. The molecule has 0 aliphatic rings. The van der Waals surface area contributed by atoms with Crippen LogP contribution >= 0.6 is 23.1 Å². The van der Waals surface area contributed by atoms with Crippen molar-refractivity contribution in [3.63, 3.8) is 0 Å². The number of thiazole rings is 1. The fraction of sp³-hybridized carbons (Fsp3) is 0.111. The highest BCUT2D eigenvalue weighted by Gasteiger charge is 2.07. The summed E-state index contributed by atoms with van der Waals surface area (Å²) in [6, 6.07) is 20.0. The van der Waals surface area contributed by atoms with Crippen molar-refractivity contribution in [2.45, 2.75) is 10.9 Å². The monoisotopic (exact) mass is 340 g/mol. The number of carbonyl (C=O) groups is 1. The molecule has 116 valence electrons. The van der Waals surface area contributed by atoms with Crippen LogP contribution in [0.2, 0.25) is 0 Å². The first-order chi connectivity index (χ1) is 11.3. The van der Waals surface area contributed by atoms with Crippen molar-refractivity contribution in [1.82, 2.24) is 10.3 Å². The summed E-state index contributed by atoms with van der Waals surface area (Å²) in [5, 5.41) is 4.95. The largest absolute Gasteiger partial charge is 0.351 e. The van der Waals surface area contributed by atoms with Crippen LogP contribution in [0.1, 0.15) is 5.56 Å². The number of rotatable bonds is 6. The minimum atomic E-state index is 0.0234. The van der Waals surface area contributed by atoms with E-state index < -0.39 is 0 Å². The molecule has 3 rings (SSSR count). The van der Waals surface area contributed by atoms with Crippen LogP contribution in [0, 0.1) is 0 Å². The molecular weight excluding hydrogens is 324 g/mol. The lowest BCUT2D eigenvalue weighted by Crippen LogP contribution is -2.24. The molecule has 1 heterocycles. The fourth-order valence-electron chi connectivity index (χ4n) is 2.04. The van der Waals surface area contributed by atoms with Gasteiger partial charge in [0.15, 0.2) is 4.34 Å². The lowest BCUT2D eigenvalue weighted by Gasteiger charge is -2.04. The average molecular weight is 340 g/mol. The van der Waals surface area contributed by atoms with Crippen LogP contribution < -0.4 is 5.32 Å². The number of hydrogen-bond acceptors (Lipinski definition) is 4. The van der Waals surface area contributed by atoms with Gasteiger partial charge in [0, 0.05) is 17.5 Å². The van der Waals surface area contributed by atoms with Crippen LogP contribution in [-0.2, 0) is 11.3 Å². The Morgan fingerprint density at radius 3 is 2.48 bits per heavy atom. The summed E-state index contributed by atoms with van der Waals surface area (Å²) in [7, 11) is 0. The van der Waals surface area contributed by atoms with Crippen molar-refractivity contribution in [3.05, 3.63) is 71.6 Å². The third kappa shape index (κ3) is 4.68. The predicted octanol–water partition coefficient (Wildman–Crippen LogP) is 4.22. The van der Waals surface area contributed by atoms with E-state index in [1.54, 1.807) is 11.3 Å². The van der Waals surface area contributed by atoms with E-state index in [1.165, 1.54) is 11.8 Å². The lowest BCUT2D eigenvalue weighted by atomic mass is 10.2. The maximum atomic E-state index is 11.9. The van der Waals surface area contributed by atoms with Gasteiger partial charge in [0.25, 0.3) is 0 Å². The van der Waals surface area contributed by atoms with Gasteiger partial charge in [-0.05, 0) is 5.56 Å². The number of aromatic nitrogens is 1. The Morgan fingerprint density at radius 1 is 1.04 bits per heavy atom. The number of hydrogen-bond donors (Lipinski definition) is 1. The number of carbonyl (C=O) groups excluding carboxylic acids is 1. The summed E-state index contributed by atoms with van der Waals surface area (Å²) >= 11 is 3.05. The van der Waals surface area contributed by atoms with E-state index in [0.29, 0.717) is 12.3 Å². The third-order valence-corrected chi connectivity index (χ3v) is 5.23. The Hall–Kier alpha value is -2.11. The Labute approximate surface area is 143 Å². The first-order valence-electron chi connectivity index (χ1n) is 7.25. The van der Waals surface area contributed by atoms with Crippen LogP contribution in [0.3, 0.4) is 0 Å². The molecule has 0 unspecified atom stereocenters. The zero-order chi connectivity index (χ0) is 15.9. The predicted molar refractivity (Wildman–Crippen MR) is 96.6 cm³/mol. The molecule has 0 saturated carbocycles. The molecule has 3 nitrogen and oxygen atoms in total. The fourth-order valence-corrected chi connectivity index (χ4v) is 3.70. The van der Waals surface area contributed by atoms with Gasteiger partial charge in [0.2, 0.25) is 5.91 Å². The number of thioether (sulfide) groups is 1. The molecule has 1 aromatic heterocycles. The van der Waals surface area contributed by atoms with Crippen LogP contribution in [0.4, 0.5) is 0 Å². The van der Waals surface area contributed by atoms with Gasteiger partial charge in [-0.2, -0.15) is 0 Å². The zero-order valence-electron chi connectivity index (χ0n) is 12.4. The first kappa shape index (κ1) is 15.8. The van der Waals surface area contributed by atoms with Crippen molar-refractivity contribution in [2.75, 3.05) is 5.75 Å². The highest BCUT2D eigenvalue weighted by molar-refractivity contribution is 8.01.